The van der Waals surface area contributed by atoms with Crippen LogP contribution in [0.15, 0.2) is 47.7 Å². The van der Waals surface area contributed by atoms with E-state index in [0.29, 0.717) is 12.8 Å². The van der Waals surface area contributed by atoms with Gasteiger partial charge in [0.05, 0.1) is 24.0 Å². The molecule has 3 heterocycles. The molecule has 8 nitrogen and oxygen atoms in total. The topological polar surface area (TPSA) is 110 Å². The smallest absolute Gasteiger partial charge is 0.232 e. The molecule has 2 aliphatic heterocycles. The summed E-state index contributed by atoms with van der Waals surface area (Å²) in [5.74, 6) is 0.629. The van der Waals surface area contributed by atoms with E-state index < -0.39 is 11.1 Å². The molecule has 0 radical (unpaired) electrons. The van der Waals surface area contributed by atoms with Gasteiger partial charge in [0.1, 0.15) is 11.4 Å². The molecule has 1 fully saturated rings. The molecule has 5 rings (SSSR count). The third-order valence-electron chi connectivity index (χ3n) is 7.35. The van der Waals surface area contributed by atoms with Crippen molar-refractivity contribution in [1.29, 1.82) is 0 Å². The van der Waals surface area contributed by atoms with Gasteiger partial charge in [-0.25, -0.2) is 4.99 Å². The Hall–Kier alpha value is -3.42. The Morgan fingerprint density at radius 3 is 2.72 bits per heavy atom. The Labute approximate surface area is 212 Å². The number of aryl methyl sites for hydroxylation is 1. The Balaban J connectivity index is 1.39. The molecule has 3 aliphatic rings. The second-order valence-electron chi connectivity index (χ2n) is 11.6. The van der Waals surface area contributed by atoms with Crippen molar-refractivity contribution in [3.63, 3.8) is 0 Å². The van der Waals surface area contributed by atoms with E-state index in [1.165, 1.54) is 0 Å². The van der Waals surface area contributed by atoms with Crippen molar-refractivity contribution in [3.8, 4) is 5.75 Å². The van der Waals surface area contributed by atoms with E-state index in [-0.39, 0.29) is 48.1 Å². The number of carbonyl (C=O) groups is 2. The fraction of sp³-hybridized carbons (Fsp3) is 0.500. The van der Waals surface area contributed by atoms with Gasteiger partial charge in [0, 0.05) is 30.3 Å². The summed E-state index contributed by atoms with van der Waals surface area (Å²) >= 11 is 0. The summed E-state index contributed by atoms with van der Waals surface area (Å²) in [6.45, 7) is 9.92. The van der Waals surface area contributed by atoms with Crippen molar-refractivity contribution in [3.05, 3.63) is 59.4 Å². The van der Waals surface area contributed by atoms with Crippen molar-refractivity contribution < 1.29 is 14.3 Å². The zero-order chi connectivity index (χ0) is 25.8. The Morgan fingerprint density at radius 2 is 2.03 bits per heavy atom. The van der Waals surface area contributed by atoms with E-state index in [1.54, 1.807) is 17.3 Å². The Morgan fingerprint density at radius 1 is 1.25 bits per heavy atom. The average molecular weight is 490 g/mol. The minimum absolute atomic E-state index is 0.0107. The maximum atomic E-state index is 13.5. The van der Waals surface area contributed by atoms with E-state index in [0.717, 1.165) is 22.4 Å². The van der Waals surface area contributed by atoms with Crippen molar-refractivity contribution in [1.82, 2.24) is 15.2 Å². The van der Waals surface area contributed by atoms with Crippen LogP contribution in [0.1, 0.15) is 75.7 Å². The highest BCUT2D eigenvalue weighted by atomic mass is 16.5. The number of hydrogen-bond donors (Lipinski definition) is 2. The van der Waals surface area contributed by atoms with E-state index in [1.807, 2.05) is 65.0 Å². The lowest BCUT2D eigenvalue weighted by atomic mass is 9.89. The number of guanidine groups is 1. The number of hydrogen-bond acceptors (Lipinski definition) is 6. The molecule has 1 aromatic heterocycles. The molecule has 0 saturated heterocycles. The van der Waals surface area contributed by atoms with Crippen molar-refractivity contribution >= 4 is 17.8 Å². The quantitative estimate of drug-likeness (QED) is 0.664. The second kappa shape index (κ2) is 8.61. The van der Waals surface area contributed by atoms with E-state index in [4.69, 9.17) is 10.5 Å². The Kier molecular flexibility index (Phi) is 5.80. The summed E-state index contributed by atoms with van der Waals surface area (Å²) in [6, 6.07) is 9.36. The summed E-state index contributed by atoms with van der Waals surface area (Å²) in [4.78, 5) is 37.2. The number of nitrogens with zero attached hydrogens (tertiary/aromatic N) is 3. The highest BCUT2D eigenvalue weighted by Gasteiger charge is 2.53. The zero-order valence-electron chi connectivity index (χ0n) is 21.6. The minimum atomic E-state index is -0.543. The van der Waals surface area contributed by atoms with Gasteiger partial charge in [-0.05, 0) is 70.2 Å². The van der Waals surface area contributed by atoms with Crippen LogP contribution in [0.3, 0.4) is 0 Å². The zero-order valence-corrected chi connectivity index (χ0v) is 21.6. The first-order chi connectivity index (χ1) is 16.9. The number of carbonyl (C=O) groups excluding carboxylic acids is 2. The fourth-order valence-electron chi connectivity index (χ4n) is 5.65. The largest absolute Gasteiger partial charge is 0.487 e. The van der Waals surface area contributed by atoms with Crippen LogP contribution < -0.4 is 15.8 Å². The van der Waals surface area contributed by atoms with Crippen LogP contribution in [0.4, 0.5) is 0 Å². The van der Waals surface area contributed by atoms with Crippen LogP contribution in [0, 0.1) is 18.8 Å². The van der Waals surface area contributed by atoms with E-state index in [9.17, 15) is 9.59 Å². The number of aromatic nitrogens is 1. The lowest BCUT2D eigenvalue weighted by Crippen LogP contribution is -2.52. The fourth-order valence-corrected chi connectivity index (χ4v) is 5.65. The second-order valence-corrected chi connectivity index (χ2v) is 11.6. The predicted molar refractivity (Wildman–Crippen MR) is 137 cm³/mol. The van der Waals surface area contributed by atoms with Crippen molar-refractivity contribution in [2.24, 2.45) is 22.6 Å². The molecule has 1 aromatic carbocycles. The van der Waals surface area contributed by atoms with Crippen LogP contribution in [-0.4, -0.2) is 38.8 Å². The van der Waals surface area contributed by atoms with Gasteiger partial charge in [-0.1, -0.05) is 18.2 Å². The van der Waals surface area contributed by atoms with Gasteiger partial charge in [-0.15, -0.1) is 0 Å². The van der Waals surface area contributed by atoms with Crippen LogP contribution in [0.5, 0.6) is 5.75 Å². The number of benzene rings is 1. The molecule has 36 heavy (non-hydrogen) atoms. The number of nitrogens with two attached hydrogens (primary N) is 1. The molecule has 2 aromatic rings. The first kappa shape index (κ1) is 24.3. The van der Waals surface area contributed by atoms with Gasteiger partial charge >= 0.3 is 0 Å². The number of nitrogens with one attached hydrogen (secondary N) is 1. The summed E-state index contributed by atoms with van der Waals surface area (Å²) in [6.07, 6.45) is 5.05. The highest BCUT2D eigenvalue weighted by molar-refractivity contribution is 5.99. The minimum Gasteiger partial charge on any atom is -0.487 e. The molecule has 0 spiro atoms. The number of rotatable bonds is 5. The van der Waals surface area contributed by atoms with Gasteiger partial charge in [0.15, 0.2) is 5.96 Å². The van der Waals surface area contributed by atoms with E-state index in [2.05, 4.69) is 15.3 Å². The molecule has 4 unspecified atom stereocenters. The lowest BCUT2D eigenvalue weighted by molar-refractivity contribution is -0.132. The monoisotopic (exact) mass is 489 g/mol. The molecule has 1 aliphatic carbocycles. The first-order valence-electron chi connectivity index (χ1n) is 12.6. The Bertz CT molecular complexity index is 1220. The van der Waals surface area contributed by atoms with Crippen molar-refractivity contribution in [2.75, 3.05) is 0 Å². The predicted octanol–water partition coefficient (Wildman–Crippen LogP) is 3.81. The van der Waals surface area contributed by atoms with Crippen LogP contribution in [0.2, 0.25) is 0 Å². The van der Waals surface area contributed by atoms with Gasteiger partial charge in [-0.2, -0.15) is 0 Å². The molecular formula is C28H35N5O3. The molecule has 1 saturated carbocycles. The van der Waals surface area contributed by atoms with Crippen LogP contribution >= 0.6 is 0 Å². The summed E-state index contributed by atoms with van der Waals surface area (Å²) in [7, 11) is 0. The summed E-state index contributed by atoms with van der Waals surface area (Å²) < 4.78 is 6.20. The SMILES string of the molecule is Cc1ccc2c(c1)OC(C)(C)CC2NC(=O)C1CC1C(c1cccnc1)N1C(=O)CC(C)(C)N=C1N. The van der Waals surface area contributed by atoms with Gasteiger partial charge in [0.2, 0.25) is 11.8 Å². The third-order valence-corrected chi connectivity index (χ3v) is 7.35. The molecule has 4 atom stereocenters. The first-order valence-corrected chi connectivity index (χ1v) is 12.6. The normalized spacial score (nSPS) is 26.8. The molecule has 2 amide bonds. The number of aliphatic imine (C=N–C) groups is 1. The van der Waals surface area contributed by atoms with Gasteiger partial charge in [-0.3, -0.25) is 19.5 Å². The van der Waals surface area contributed by atoms with Gasteiger partial charge < -0.3 is 15.8 Å². The number of fused-ring (bicyclic) bond motifs is 1. The third kappa shape index (κ3) is 4.68. The van der Waals surface area contributed by atoms with Crippen molar-refractivity contribution in [2.45, 2.75) is 77.1 Å². The maximum Gasteiger partial charge on any atom is 0.232 e. The summed E-state index contributed by atoms with van der Waals surface area (Å²) in [5, 5.41) is 3.29. The highest BCUT2D eigenvalue weighted by Crippen LogP contribution is 2.51. The number of pyridine rings is 1. The maximum absolute atomic E-state index is 13.5. The number of ether oxygens (including phenoxy) is 1. The molecule has 8 heteroatoms. The molecule has 0 bridgehead atoms. The molecule has 3 N–H and O–H groups in total. The standard InChI is InChI=1S/C28H35N5O3/c1-16-8-9-18-21(13-28(4,5)36-22(18)11-16)31-25(35)20-12-19(20)24(17-7-6-10-30-15-17)33-23(34)14-27(2,3)32-26(33)29/h6-11,15,19-21,24H,12-14H2,1-5H3,(H2,29,32)(H,31,35). The van der Waals surface area contributed by atoms with Gasteiger partial charge in [0.25, 0.3) is 0 Å². The van der Waals surface area contributed by atoms with Crippen LogP contribution in [-0.2, 0) is 9.59 Å². The number of amides is 2. The molecule has 190 valence electrons. The molecular weight excluding hydrogens is 454 g/mol. The lowest BCUT2D eigenvalue weighted by Gasteiger charge is -2.39. The van der Waals surface area contributed by atoms with E-state index >= 15 is 0 Å². The van der Waals surface area contributed by atoms with Crippen LogP contribution in [0.25, 0.3) is 0 Å². The summed E-state index contributed by atoms with van der Waals surface area (Å²) in [5.41, 5.74) is 8.38. The average Bonchev–Trinajstić information content (AvgIpc) is 3.55.